The van der Waals surface area contributed by atoms with Crippen molar-refractivity contribution in [2.75, 3.05) is 6.54 Å². The molecule has 2 heterocycles. The van der Waals surface area contributed by atoms with Crippen molar-refractivity contribution in [1.82, 2.24) is 25.5 Å². The number of para-hydroxylation sites is 1. The number of amides is 1. The lowest BCUT2D eigenvalue weighted by Gasteiger charge is -2.03. The van der Waals surface area contributed by atoms with Gasteiger partial charge in [-0.05, 0) is 30.9 Å². The molecule has 0 saturated carbocycles. The number of hydrogen-bond donors (Lipinski definition) is 1. The molecule has 0 aliphatic rings. The number of carbonyl (C=O) groups excluding carboxylic acids is 1. The van der Waals surface area contributed by atoms with E-state index in [0.29, 0.717) is 19.0 Å². The highest BCUT2D eigenvalue weighted by Crippen LogP contribution is 2.10. The van der Waals surface area contributed by atoms with Gasteiger partial charge in [0.1, 0.15) is 5.52 Å². The Balaban J connectivity index is 1.47. The van der Waals surface area contributed by atoms with Gasteiger partial charge in [0, 0.05) is 19.2 Å². The smallest absolute Gasteiger partial charge is 0.289 e. The number of aryl methyl sites for hydroxylation is 1. The van der Waals surface area contributed by atoms with Crippen LogP contribution in [0, 0.1) is 5.92 Å². The van der Waals surface area contributed by atoms with E-state index in [2.05, 4.69) is 34.6 Å². The maximum atomic E-state index is 12.0. The van der Waals surface area contributed by atoms with Crippen LogP contribution in [0.15, 0.2) is 34.9 Å². The van der Waals surface area contributed by atoms with Crippen LogP contribution in [0.1, 0.15) is 36.5 Å². The second-order valence-electron chi connectivity index (χ2n) is 6.19. The standard InChI is InChI=1S/C17H21N5O2/c1-12(2)10-13-11-16(24-20-13)17(23)18-8-5-9-22-15-7-4-3-6-14(15)19-21-22/h3-4,6-7,11-12H,5,8-10H2,1-2H3,(H,18,23). The van der Waals surface area contributed by atoms with Gasteiger partial charge < -0.3 is 9.84 Å². The summed E-state index contributed by atoms with van der Waals surface area (Å²) in [4.78, 5) is 12.0. The number of carbonyl (C=O) groups is 1. The molecule has 0 radical (unpaired) electrons. The molecule has 0 aliphatic carbocycles. The number of rotatable bonds is 7. The molecule has 126 valence electrons. The zero-order valence-electron chi connectivity index (χ0n) is 13.9. The van der Waals surface area contributed by atoms with Crippen molar-refractivity contribution in [3.05, 3.63) is 41.8 Å². The van der Waals surface area contributed by atoms with E-state index in [4.69, 9.17) is 4.52 Å². The van der Waals surface area contributed by atoms with Crippen LogP contribution < -0.4 is 5.32 Å². The van der Waals surface area contributed by atoms with Crippen molar-refractivity contribution < 1.29 is 9.32 Å². The van der Waals surface area contributed by atoms with Gasteiger partial charge in [0.05, 0.1) is 11.2 Å². The fourth-order valence-corrected chi connectivity index (χ4v) is 2.53. The number of nitrogens with zero attached hydrogens (tertiary/aromatic N) is 4. The van der Waals surface area contributed by atoms with Gasteiger partial charge in [0.15, 0.2) is 0 Å². The molecule has 1 N–H and O–H groups in total. The van der Waals surface area contributed by atoms with Crippen LogP contribution in [-0.2, 0) is 13.0 Å². The second kappa shape index (κ2) is 7.25. The average Bonchev–Trinajstić information content (AvgIpc) is 3.18. The zero-order valence-corrected chi connectivity index (χ0v) is 13.9. The first kappa shape index (κ1) is 16.2. The van der Waals surface area contributed by atoms with E-state index in [0.717, 1.165) is 29.6 Å². The molecule has 2 aromatic heterocycles. The third-order valence-corrected chi connectivity index (χ3v) is 3.65. The maximum Gasteiger partial charge on any atom is 0.289 e. The van der Waals surface area contributed by atoms with Crippen LogP contribution in [0.25, 0.3) is 11.0 Å². The number of benzene rings is 1. The Morgan fingerprint density at radius 3 is 3.00 bits per heavy atom. The van der Waals surface area contributed by atoms with E-state index >= 15 is 0 Å². The molecule has 7 nitrogen and oxygen atoms in total. The molecule has 24 heavy (non-hydrogen) atoms. The minimum absolute atomic E-state index is 0.235. The summed E-state index contributed by atoms with van der Waals surface area (Å²) >= 11 is 0. The largest absolute Gasteiger partial charge is 0.351 e. The average molecular weight is 327 g/mol. The normalized spacial score (nSPS) is 11.3. The maximum absolute atomic E-state index is 12.0. The summed E-state index contributed by atoms with van der Waals surface area (Å²) in [7, 11) is 0. The van der Waals surface area contributed by atoms with Crippen molar-refractivity contribution in [3.63, 3.8) is 0 Å². The Bertz CT molecular complexity index is 821. The Morgan fingerprint density at radius 2 is 2.17 bits per heavy atom. The Morgan fingerprint density at radius 1 is 1.33 bits per heavy atom. The molecule has 1 aromatic carbocycles. The van der Waals surface area contributed by atoms with Gasteiger partial charge in [0.25, 0.3) is 5.91 Å². The quantitative estimate of drug-likeness (QED) is 0.674. The summed E-state index contributed by atoms with van der Waals surface area (Å²) in [6.45, 7) is 5.42. The van der Waals surface area contributed by atoms with Crippen LogP contribution in [0.4, 0.5) is 0 Å². The van der Waals surface area contributed by atoms with E-state index in [1.165, 1.54) is 0 Å². The number of hydrogen-bond acceptors (Lipinski definition) is 5. The fourth-order valence-electron chi connectivity index (χ4n) is 2.53. The molecule has 0 unspecified atom stereocenters. The molecular weight excluding hydrogens is 306 g/mol. The third kappa shape index (κ3) is 3.79. The van der Waals surface area contributed by atoms with E-state index in [-0.39, 0.29) is 11.7 Å². The molecule has 0 atom stereocenters. The topological polar surface area (TPSA) is 85.8 Å². The predicted molar refractivity (Wildman–Crippen MR) is 89.5 cm³/mol. The first-order valence-electron chi connectivity index (χ1n) is 8.15. The van der Waals surface area contributed by atoms with Gasteiger partial charge >= 0.3 is 0 Å². The molecule has 0 fully saturated rings. The van der Waals surface area contributed by atoms with Crippen LogP contribution in [0.2, 0.25) is 0 Å². The first-order chi connectivity index (χ1) is 11.6. The molecule has 3 aromatic rings. The van der Waals surface area contributed by atoms with Gasteiger partial charge in [-0.3, -0.25) is 4.79 Å². The Labute approximate surface area is 140 Å². The van der Waals surface area contributed by atoms with Gasteiger partial charge in [-0.15, -0.1) is 5.10 Å². The summed E-state index contributed by atoms with van der Waals surface area (Å²) in [5, 5.41) is 15.0. The summed E-state index contributed by atoms with van der Waals surface area (Å²) < 4.78 is 6.94. The van der Waals surface area contributed by atoms with Crippen molar-refractivity contribution in [2.45, 2.75) is 33.2 Å². The fraction of sp³-hybridized carbons (Fsp3) is 0.412. The summed E-state index contributed by atoms with van der Waals surface area (Å²) in [6.07, 6.45) is 1.56. The van der Waals surface area contributed by atoms with Crippen LogP contribution in [-0.4, -0.2) is 32.6 Å². The van der Waals surface area contributed by atoms with Gasteiger partial charge in [0.2, 0.25) is 5.76 Å². The van der Waals surface area contributed by atoms with E-state index in [9.17, 15) is 4.79 Å². The summed E-state index contributed by atoms with van der Waals surface area (Å²) in [6, 6.07) is 9.52. The molecule has 0 bridgehead atoms. The molecule has 0 aliphatic heterocycles. The SMILES string of the molecule is CC(C)Cc1cc(C(=O)NCCCn2nnc3ccccc32)on1. The molecular formula is C17H21N5O2. The van der Waals surface area contributed by atoms with Crippen molar-refractivity contribution in [1.29, 1.82) is 0 Å². The second-order valence-corrected chi connectivity index (χ2v) is 6.19. The number of fused-ring (bicyclic) bond motifs is 1. The molecule has 7 heteroatoms. The lowest BCUT2D eigenvalue weighted by atomic mass is 10.1. The van der Waals surface area contributed by atoms with Gasteiger partial charge in [-0.2, -0.15) is 0 Å². The lowest BCUT2D eigenvalue weighted by molar-refractivity contribution is 0.0915. The molecule has 0 spiro atoms. The molecule has 1 amide bonds. The lowest BCUT2D eigenvalue weighted by Crippen LogP contribution is -2.25. The number of aromatic nitrogens is 4. The van der Waals surface area contributed by atoms with E-state index < -0.39 is 0 Å². The van der Waals surface area contributed by atoms with Gasteiger partial charge in [-0.1, -0.05) is 36.4 Å². The highest BCUT2D eigenvalue weighted by molar-refractivity contribution is 5.91. The van der Waals surface area contributed by atoms with Crippen LogP contribution in [0.5, 0.6) is 0 Å². The third-order valence-electron chi connectivity index (χ3n) is 3.65. The van der Waals surface area contributed by atoms with Crippen molar-refractivity contribution in [2.24, 2.45) is 5.92 Å². The zero-order chi connectivity index (χ0) is 16.9. The predicted octanol–water partition coefficient (Wildman–Crippen LogP) is 2.44. The summed E-state index contributed by atoms with van der Waals surface area (Å²) in [5.41, 5.74) is 2.68. The minimum Gasteiger partial charge on any atom is -0.351 e. The Kier molecular flexibility index (Phi) is 4.88. The van der Waals surface area contributed by atoms with Crippen molar-refractivity contribution >= 4 is 16.9 Å². The first-order valence-corrected chi connectivity index (χ1v) is 8.15. The highest BCUT2D eigenvalue weighted by Gasteiger charge is 2.13. The van der Waals surface area contributed by atoms with Crippen LogP contribution in [0.3, 0.4) is 0 Å². The van der Waals surface area contributed by atoms with Gasteiger partial charge in [-0.25, -0.2) is 4.68 Å². The molecule has 0 saturated heterocycles. The minimum atomic E-state index is -0.235. The summed E-state index contributed by atoms with van der Waals surface area (Å²) in [5.74, 6) is 0.501. The number of nitrogens with one attached hydrogen (secondary N) is 1. The monoisotopic (exact) mass is 327 g/mol. The van der Waals surface area contributed by atoms with E-state index in [1.54, 1.807) is 6.07 Å². The molecule has 3 rings (SSSR count). The van der Waals surface area contributed by atoms with Crippen molar-refractivity contribution in [3.8, 4) is 0 Å². The Hall–Kier alpha value is -2.70. The van der Waals surface area contributed by atoms with Crippen LogP contribution >= 0.6 is 0 Å². The highest BCUT2D eigenvalue weighted by atomic mass is 16.5. The van der Waals surface area contributed by atoms with E-state index in [1.807, 2.05) is 28.9 Å².